The SMILES string of the molecule is CC/C=C\C=C(/C)c1c2ccccc2c(-c2ccc3ccccc3c2)c2ccc(-c3ccc(-n4c(-c5ccccc5)nc5ccccc54)cc3)cc12. The molecule has 0 radical (unpaired) electrons. The molecular formula is C50H38N2. The van der Waals surface area contributed by atoms with Gasteiger partial charge in [0.05, 0.1) is 11.0 Å². The Morgan fingerprint density at radius 2 is 1.23 bits per heavy atom. The van der Waals surface area contributed by atoms with Crippen LogP contribution in [0.3, 0.4) is 0 Å². The zero-order valence-corrected chi connectivity index (χ0v) is 29.4. The van der Waals surface area contributed by atoms with Crippen LogP contribution in [-0.4, -0.2) is 9.55 Å². The van der Waals surface area contributed by atoms with Gasteiger partial charge < -0.3 is 0 Å². The molecule has 0 saturated carbocycles. The Morgan fingerprint density at radius 3 is 2.06 bits per heavy atom. The van der Waals surface area contributed by atoms with Gasteiger partial charge in [-0.1, -0.05) is 153 Å². The summed E-state index contributed by atoms with van der Waals surface area (Å²) in [4.78, 5) is 5.05. The van der Waals surface area contributed by atoms with Crippen LogP contribution in [0, 0.1) is 0 Å². The van der Waals surface area contributed by atoms with E-state index in [1.165, 1.54) is 65.7 Å². The summed E-state index contributed by atoms with van der Waals surface area (Å²) in [6.45, 7) is 4.43. The van der Waals surface area contributed by atoms with E-state index in [-0.39, 0.29) is 0 Å². The fraction of sp³-hybridized carbons (Fsp3) is 0.0600. The normalized spacial score (nSPS) is 12.2. The van der Waals surface area contributed by atoms with Crippen molar-refractivity contribution < 1.29 is 0 Å². The van der Waals surface area contributed by atoms with E-state index in [4.69, 9.17) is 4.98 Å². The molecule has 1 heterocycles. The Balaban J connectivity index is 1.24. The van der Waals surface area contributed by atoms with Gasteiger partial charge in [0.15, 0.2) is 0 Å². The Labute approximate surface area is 304 Å². The van der Waals surface area contributed by atoms with E-state index in [0.29, 0.717) is 0 Å². The third-order valence-corrected chi connectivity index (χ3v) is 10.2. The number of hydrogen-bond donors (Lipinski definition) is 0. The summed E-state index contributed by atoms with van der Waals surface area (Å²) in [5.41, 5.74) is 11.7. The monoisotopic (exact) mass is 666 g/mol. The number of fused-ring (bicyclic) bond motifs is 4. The van der Waals surface area contributed by atoms with Crippen LogP contribution in [0.25, 0.3) is 88.3 Å². The minimum absolute atomic E-state index is 0.942. The van der Waals surface area contributed by atoms with Crippen molar-refractivity contribution in [3.05, 3.63) is 188 Å². The van der Waals surface area contributed by atoms with Crippen molar-refractivity contribution in [1.29, 1.82) is 0 Å². The van der Waals surface area contributed by atoms with Crippen LogP contribution in [0.2, 0.25) is 0 Å². The lowest BCUT2D eigenvalue weighted by molar-refractivity contribution is 1.10. The first-order valence-corrected chi connectivity index (χ1v) is 18.1. The Kier molecular flexibility index (Phi) is 8.06. The molecule has 8 aromatic carbocycles. The van der Waals surface area contributed by atoms with E-state index >= 15 is 0 Å². The Hall–Kier alpha value is -6.51. The third kappa shape index (κ3) is 5.50. The molecule has 0 aliphatic rings. The topological polar surface area (TPSA) is 17.8 Å². The second-order valence-electron chi connectivity index (χ2n) is 13.5. The van der Waals surface area contributed by atoms with Crippen molar-refractivity contribution >= 4 is 48.9 Å². The summed E-state index contributed by atoms with van der Waals surface area (Å²) in [7, 11) is 0. The van der Waals surface area contributed by atoms with E-state index in [1.807, 2.05) is 6.07 Å². The largest absolute Gasteiger partial charge is 0.292 e. The number of imidazole rings is 1. The highest BCUT2D eigenvalue weighted by Gasteiger charge is 2.18. The molecule has 0 amide bonds. The fourth-order valence-corrected chi connectivity index (χ4v) is 7.74. The van der Waals surface area contributed by atoms with Gasteiger partial charge in [0, 0.05) is 11.3 Å². The molecule has 52 heavy (non-hydrogen) atoms. The van der Waals surface area contributed by atoms with E-state index in [1.54, 1.807) is 0 Å². The number of allylic oxidation sites excluding steroid dienone is 4. The van der Waals surface area contributed by atoms with E-state index < -0.39 is 0 Å². The first kappa shape index (κ1) is 31.5. The molecule has 0 bridgehead atoms. The summed E-state index contributed by atoms with van der Waals surface area (Å²) in [6.07, 6.45) is 7.69. The number of rotatable bonds is 7. The molecule has 2 nitrogen and oxygen atoms in total. The maximum Gasteiger partial charge on any atom is 0.145 e. The molecule has 2 heteroatoms. The lowest BCUT2D eigenvalue weighted by atomic mass is 9.84. The molecule has 0 spiro atoms. The zero-order valence-electron chi connectivity index (χ0n) is 29.4. The molecule has 9 rings (SSSR count). The minimum atomic E-state index is 0.942. The molecule has 248 valence electrons. The molecule has 0 N–H and O–H groups in total. The molecule has 0 saturated heterocycles. The summed E-state index contributed by atoms with van der Waals surface area (Å²) in [5.74, 6) is 0.942. The van der Waals surface area contributed by atoms with E-state index in [0.717, 1.165) is 34.5 Å². The summed E-state index contributed by atoms with van der Waals surface area (Å²) < 4.78 is 2.27. The molecule has 0 aliphatic carbocycles. The lowest BCUT2D eigenvalue weighted by Gasteiger charge is -2.19. The summed E-state index contributed by atoms with van der Waals surface area (Å²) in [5, 5.41) is 7.56. The van der Waals surface area contributed by atoms with Gasteiger partial charge in [-0.05, 0) is 115 Å². The first-order chi connectivity index (χ1) is 25.7. The van der Waals surface area contributed by atoms with Gasteiger partial charge in [-0.2, -0.15) is 0 Å². The third-order valence-electron chi connectivity index (χ3n) is 10.2. The first-order valence-electron chi connectivity index (χ1n) is 18.1. The number of benzene rings is 8. The molecule has 1 aromatic heterocycles. The van der Waals surface area contributed by atoms with Crippen molar-refractivity contribution in [3.8, 4) is 39.3 Å². The molecule has 0 fully saturated rings. The van der Waals surface area contributed by atoms with Crippen molar-refractivity contribution in [2.24, 2.45) is 0 Å². The number of para-hydroxylation sites is 2. The number of aromatic nitrogens is 2. The van der Waals surface area contributed by atoms with Gasteiger partial charge >= 0.3 is 0 Å². The standard InChI is InChI=1S/C50H38N2/c1-3-4-6-15-34(2)48-42-20-11-12-21-43(42)49(40-25-24-35-16-9-10-19-38(35)32-40)44-31-28-39(33-45(44)48)36-26-29-41(30-27-36)52-47-23-14-13-22-46(47)51-50(52)37-17-7-5-8-18-37/h4-33H,3H2,1-2H3/b6-4-,34-15+. The molecule has 0 atom stereocenters. The Bertz CT molecular complexity index is 2820. The fourth-order valence-electron chi connectivity index (χ4n) is 7.74. The van der Waals surface area contributed by atoms with Gasteiger partial charge in [-0.15, -0.1) is 0 Å². The van der Waals surface area contributed by atoms with Crippen LogP contribution >= 0.6 is 0 Å². The van der Waals surface area contributed by atoms with Crippen LogP contribution in [-0.2, 0) is 0 Å². The van der Waals surface area contributed by atoms with Crippen molar-refractivity contribution in [2.75, 3.05) is 0 Å². The van der Waals surface area contributed by atoms with Crippen molar-refractivity contribution in [1.82, 2.24) is 9.55 Å². The van der Waals surface area contributed by atoms with Gasteiger partial charge in [0.25, 0.3) is 0 Å². The number of nitrogens with zero attached hydrogens (tertiary/aromatic N) is 2. The van der Waals surface area contributed by atoms with Crippen molar-refractivity contribution in [3.63, 3.8) is 0 Å². The molecular weight excluding hydrogens is 629 g/mol. The summed E-state index contributed by atoms with van der Waals surface area (Å²) in [6, 6.07) is 59.2. The molecule has 0 aliphatic heterocycles. The predicted octanol–water partition coefficient (Wildman–Crippen LogP) is 13.9. The van der Waals surface area contributed by atoms with Crippen LogP contribution in [0.4, 0.5) is 0 Å². The zero-order chi connectivity index (χ0) is 35.0. The second kappa shape index (κ2) is 13.3. The smallest absolute Gasteiger partial charge is 0.145 e. The highest BCUT2D eigenvalue weighted by Crippen LogP contribution is 2.44. The van der Waals surface area contributed by atoms with E-state index in [9.17, 15) is 0 Å². The van der Waals surface area contributed by atoms with Gasteiger partial charge in [-0.3, -0.25) is 4.57 Å². The van der Waals surface area contributed by atoms with Crippen LogP contribution in [0.15, 0.2) is 182 Å². The van der Waals surface area contributed by atoms with E-state index in [2.05, 4.69) is 194 Å². The van der Waals surface area contributed by atoms with Gasteiger partial charge in [-0.25, -0.2) is 4.98 Å². The molecule has 9 aromatic rings. The second-order valence-corrected chi connectivity index (χ2v) is 13.5. The maximum absolute atomic E-state index is 5.05. The highest BCUT2D eigenvalue weighted by molar-refractivity contribution is 6.19. The summed E-state index contributed by atoms with van der Waals surface area (Å²) >= 11 is 0. The predicted molar refractivity (Wildman–Crippen MR) is 223 cm³/mol. The Morgan fingerprint density at radius 1 is 0.558 bits per heavy atom. The minimum Gasteiger partial charge on any atom is -0.292 e. The quantitative estimate of drug-likeness (QED) is 0.122. The maximum atomic E-state index is 5.05. The lowest BCUT2D eigenvalue weighted by Crippen LogP contribution is -1.97. The average molecular weight is 667 g/mol. The molecule has 0 unspecified atom stereocenters. The van der Waals surface area contributed by atoms with Crippen molar-refractivity contribution in [2.45, 2.75) is 20.3 Å². The van der Waals surface area contributed by atoms with Gasteiger partial charge in [0.2, 0.25) is 0 Å². The number of hydrogen-bond acceptors (Lipinski definition) is 1. The van der Waals surface area contributed by atoms with Gasteiger partial charge in [0.1, 0.15) is 5.82 Å². The average Bonchev–Trinajstić information content (AvgIpc) is 3.60. The van der Waals surface area contributed by atoms with Crippen LogP contribution in [0.5, 0.6) is 0 Å². The highest BCUT2D eigenvalue weighted by atomic mass is 15.1. The van der Waals surface area contributed by atoms with Crippen LogP contribution in [0.1, 0.15) is 25.8 Å². The van der Waals surface area contributed by atoms with Crippen LogP contribution < -0.4 is 0 Å².